The minimum atomic E-state index is -0.654. The number of benzene rings is 1. The molecule has 0 spiro atoms. The molecule has 16 heavy (non-hydrogen) atoms. The third kappa shape index (κ3) is 1.47. The molecule has 0 radical (unpaired) electrons. The van der Waals surface area contributed by atoms with Gasteiger partial charge in [-0.25, -0.2) is 0 Å². The molecule has 0 aliphatic carbocycles. The number of nitrogens with zero attached hydrogens (tertiary/aromatic N) is 1. The Hall–Kier alpha value is -0.900. The van der Waals surface area contributed by atoms with E-state index in [0.717, 1.165) is 25.1 Å². The lowest BCUT2D eigenvalue weighted by molar-refractivity contribution is 0.0505. The molecular weight excluding hydrogens is 218 g/mol. The van der Waals surface area contributed by atoms with E-state index in [4.69, 9.17) is 0 Å². The van der Waals surface area contributed by atoms with Crippen LogP contribution >= 0.6 is 11.3 Å². The Balaban J connectivity index is 2.15. The van der Waals surface area contributed by atoms with Crippen molar-refractivity contribution in [3.8, 4) is 0 Å². The van der Waals surface area contributed by atoms with E-state index in [-0.39, 0.29) is 0 Å². The summed E-state index contributed by atoms with van der Waals surface area (Å²) in [6.45, 7) is 1.71. The number of aliphatic hydroxyl groups is 1. The third-order valence-corrected chi connectivity index (χ3v) is 4.38. The average Bonchev–Trinajstić information content (AvgIpc) is 2.85. The highest BCUT2D eigenvalue weighted by Gasteiger charge is 2.37. The lowest BCUT2D eigenvalue weighted by Gasteiger charge is -2.23. The molecule has 0 bridgehead atoms. The second-order valence-corrected chi connectivity index (χ2v) is 5.58. The molecule has 1 atom stereocenters. The summed E-state index contributed by atoms with van der Waals surface area (Å²) < 4.78 is 1.24. The van der Waals surface area contributed by atoms with Crippen molar-refractivity contribution in [1.29, 1.82) is 0 Å². The van der Waals surface area contributed by atoms with Gasteiger partial charge in [0.1, 0.15) is 5.60 Å². The van der Waals surface area contributed by atoms with Gasteiger partial charge in [-0.1, -0.05) is 18.2 Å². The number of β-amino-alcohol motifs (C(OH)–C–C–N with tert-alkyl or cyclic N) is 1. The fraction of sp³-hybridized carbons (Fsp3) is 0.385. The standard InChI is InChI=1S/C13H15NOS/c1-14-7-6-13(15,9-14)11-4-2-3-10-5-8-16-12(10)11/h2-5,8,15H,6-7,9H2,1H3. The van der Waals surface area contributed by atoms with Gasteiger partial charge in [-0.2, -0.15) is 0 Å². The van der Waals surface area contributed by atoms with E-state index in [9.17, 15) is 5.11 Å². The summed E-state index contributed by atoms with van der Waals surface area (Å²) in [6, 6.07) is 8.33. The monoisotopic (exact) mass is 233 g/mol. The molecule has 2 aromatic rings. The van der Waals surface area contributed by atoms with Crippen LogP contribution in [0.5, 0.6) is 0 Å². The molecule has 1 aromatic carbocycles. The van der Waals surface area contributed by atoms with Gasteiger partial charge in [0.25, 0.3) is 0 Å². The summed E-state index contributed by atoms with van der Waals surface area (Å²) in [5.41, 5.74) is 0.448. The van der Waals surface area contributed by atoms with Crippen LogP contribution in [0.15, 0.2) is 29.6 Å². The molecule has 84 valence electrons. The first-order valence-corrected chi connectivity index (χ1v) is 6.45. The van der Waals surface area contributed by atoms with Gasteiger partial charge in [0.15, 0.2) is 0 Å². The summed E-state index contributed by atoms with van der Waals surface area (Å²) in [5.74, 6) is 0. The molecule has 2 heterocycles. The van der Waals surface area contributed by atoms with Crippen LogP contribution < -0.4 is 0 Å². The molecule has 1 saturated heterocycles. The van der Waals surface area contributed by atoms with Gasteiger partial charge in [-0.3, -0.25) is 0 Å². The highest BCUT2D eigenvalue weighted by molar-refractivity contribution is 7.17. The van der Waals surface area contributed by atoms with Crippen molar-refractivity contribution in [3.63, 3.8) is 0 Å². The van der Waals surface area contributed by atoms with Crippen molar-refractivity contribution in [2.75, 3.05) is 20.1 Å². The normalized spacial score (nSPS) is 26.6. The number of fused-ring (bicyclic) bond motifs is 1. The number of likely N-dealkylation sites (tertiary alicyclic amines) is 1. The molecule has 0 amide bonds. The Morgan fingerprint density at radius 2 is 2.25 bits per heavy atom. The summed E-state index contributed by atoms with van der Waals surface area (Å²) in [6.07, 6.45) is 0.834. The number of thiophene rings is 1. The van der Waals surface area contributed by atoms with Gasteiger partial charge in [0.05, 0.1) is 0 Å². The Morgan fingerprint density at radius 1 is 1.38 bits per heavy atom. The van der Waals surface area contributed by atoms with E-state index in [1.54, 1.807) is 11.3 Å². The lowest BCUT2D eigenvalue weighted by atomic mass is 9.92. The Morgan fingerprint density at radius 3 is 3.00 bits per heavy atom. The van der Waals surface area contributed by atoms with Crippen LogP contribution in [0.4, 0.5) is 0 Å². The summed E-state index contributed by atoms with van der Waals surface area (Å²) >= 11 is 1.72. The van der Waals surface area contributed by atoms with Crippen LogP contribution in [0.3, 0.4) is 0 Å². The maximum Gasteiger partial charge on any atom is 0.105 e. The van der Waals surface area contributed by atoms with Crippen molar-refractivity contribution in [3.05, 3.63) is 35.2 Å². The van der Waals surface area contributed by atoms with Crippen LogP contribution in [0.1, 0.15) is 12.0 Å². The van der Waals surface area contributed by atoms with Crippen molar-refractivity contribution in [2.45, 2.75) is 12.0 Å². The predicted octanol–water partition coefficient (Wildman–Crippen LogP) is 2.42. The van der Waals surface area contributed by atoms with Crippen LogP contribution in [0.25, 0.3) is 10.1 Å². The summed E-state index contributed by atoms with van der Waals surface area (Å²) in [4.78, 5) is 2.19. The summed E-state index contributed by atoms with van der Waals surface area (Å²) in [5, 5.41) is 14.0. The van der Waals surface area contributed by atoms with E-state index in [1.165, 1.54) is 10.1 Å². The second-order valence-electron chi connectivity index (χ2n) is 4.66. The molecule has 1 N–H and O–H groups in total. The quantitative estimate of drug-likeness (QED) is 0.817. The van der Waals surface area contributed by atoms with E-state index in [2.05, 4.69) is 35.5 Å². The van der Waals surface area contributed by atoms with E-state index >= 15 is 0 Å². The first-order chi connectivity index (χ1) is 7.69. The zero-order chi connectivity index (χ0) is 11.2. The molecular formula is C13H15NOS. The van der Waals surface area contributed by atoms with Crippen molar-refractivity contribution in [1.82, 2.24) is 4.90 Å². The number of hydrogen-bond acceptors (Lipinski definition) is 3. The first kappa shape index (κ1) is 10.3. The topological polar surface area (TPSA) is 23.5 Å². The third-order valence-electron chi connectivity index (χ3n) is 3.42. The minimum Gasteiger partial charge on any atom is -0.384 e. The van der Waals surface area contributed by atoms with Gasteiger partial charge < -0.3 is 10.0 Å². The predicted molar refractivity (Wildman–Crippen MR) is 67.8 cm³/mol. The SMILES string of the molecule is CN1CCC(O)(c2cccc3ccsc23)C1. The highest BCUT2D eigenvalue weighted by atomic mass is 32.1. The largest absolute Gasteiger partial charge is 0.384 e. The van der Waals surface area contributed by atoms with E-state index < -0.39 is 5.60 Å². The fourth-order valence-electron chi connectivity index (χ4n) is 2.56. The molecule has 3 rings (SSSR count). The zero-order valence-electron chi connectivity index (χ0n) is 9.31. The maximum atomic E-state index is 10.7. The average molecular weight is 233 g/mol. The summed E-state index contributed by atoms with van der Waals surface area (Å²) in [7, 11) is 2.06. The molecule has 0 saturated carbocycles. The van der Waals surface area contributed by atoms with Gasteiger partial charge in [-0.15, -0.1) is 11.3 Å². The van der Waals surface area contributed by atoms with Crippen molar-refractivity contribution >= 4 is 21.4 Å². The van der Waals surface area contributed by atoms with E-state index in [0.29, 0.717) is 0 Å². The van der Waals surface area contributed by atoms with Crippen LogP contribution in [-0.2, 0) is 5.60 Å². The molecule has 1 unspecified atom stereocenters. The van der Waals surface area contributed by atoms with Crippen molar-refractivity contribution < 1.29 is 5.11 Å². The van der Waals surface area contributed by atoms with Gasteiger partial charge in [0, 0.05) is 23.4 Å². The van der Waals surface area contributed by atoms with Crippen LogP contribution in [-0.4, -0.2) is 30.1 Å². The molecule has 1 aliphatic heterocycles. The Kier molecular flexibility index (Phi) is 2.28. The molecule has 3 heteroatoms. The number of rotatable bonds is 1. The molecule has 1 fully saturated rings. The fourth-order valence-corrected chi connectivity index (χ4v) is 3.57. The van der Waals surface area contributed by atoms with Gasteiger partial charge >= 0.3 is 0 Å². The number of hydrogen-bond donors (Lipinski definition) is 1. The van der Waals surface area contributed by atoms with E-state index in [1.807, 2.05) is 6.07 Å². The Labute approximate surface area is 99.1 Å². The molecule has 1 aromatic heterocycles. The molecule has 1 aliphatic rings. The minimum absolute atomic E-state index is 0.654. The van der Waals surface area contributed by atoms with Crippen LogP contribution in [0, 0.1) is 0 Å². The smallest absolute Gasteiger partial charge is 0.105 e. The number of likely N-dealkylation sites (N-methyl/N-ethyl adjacent to an activating group) is 1. The van der Waals surface area contributed by atoms with Crippen LogP contribution in [0.2, 0.25) is 0 Å². The Bertz CT molecular complexity index is 521. The lowest BCUT2D eigenvalue weighted by Crippen LogP contribution is -2.29. The van der Waals surface area contributed by atoms with Crippen molar-refractivity contribution in [2.24, 2.45) is 0 Å². The zero-order valence-corrected chi connectivity index (χ0v) is 10.1. The second kappa shape index (κ2) is 3.55. The maximum absolute atomic E-state index is 10.7. The first-order valence-electron chi connectivity index (χ1n) is 5.57. The highest BCUT2D eigenvalue weighted by Crippen LogP contribution is 2.37. The molecule has 2 nitrogen and oxygen atoms in total. The van der Waals surface area contributed by atoms with Gasteiger partial charge in [0.2, 0.25) is 0 Å². The van der Waals surface area contributed by atoms with Gasteiger partial charge in [-0.05, 0) is 30.3 Å².